The van der Waals surface area contributed by atoms with E-state index in [1.54, 1.807) is 0 Å². The van der Waals surface area contributed by atoms with Crippen LogP contribution < -0.4 is 10.1 Å². The summed E-state index contributed by atoms with van der Waals surface area (Å²) in [5, 5.41) is 15.1. The summed E-state index contributed by atoms with van der Waals surface area (Å²) in [6.45, 7) is -0.642. The van der Waals surface area contributed by atoms with Crippen LogP contribution in [0.25, 0.3) is 0 Å². The zero-order chi connectivity index (χ0) is 21.3. The Morgan fingerprint density at radius 2 is 1.86 bits per heavy atom. The molecule has 0 spiro atoms. The number of furan rings is 1. The van der Waals surface area contributed by atoms with Crippen molar-refractivity contribution in [2.75, 3.05) is 5.32 Å². The van der Waals surface area contributed by atoms with Crippen LogP contribution in [0.1, 0.15) is 26.8 Å². The van der Waals surface area contributed by atoms with Crippen LogP contribution in [-0.2, 0) is 13.7 Å². The van der Waals surface area contributed by atoms with Gasteiger partial charge < -0.3 is 19.6 Å². The van der Waals surface area contributed by atoms with E-state index in [9.17, 15) is 27.2 Å². The van der Waals surface area contributed by atoms with Crippen LogP contribution >= 0.6 is 0 Å². The van der Waals surface area contributed by atoms with E-state index in [2.05, 4.69) is 10.4 Å². The molecular weight excluding hydrogens is 402 g/mol. The first-order chi connectivity index (χ1) is 13.7. The SMILES string of the molecule is Cn1ncc(NC(=O)c2ccc(COc3c(F)c(F)cc(F)c3F)o2)c1C(=O)O. The lowest BCUT2D eigenvalue weighted by Crippen LogP contribution is -2.15. The predicted octanol–water partition coefficient (Wildman–Crippen LogP) is 3.10. The lowest BCUT2D eigenvalue weighted by molar-refractivity contribution is 0.0686. The van der Waals surface area contributed by atoms with Crippen LogP contribution in [-0.4, -0.2) is 26.8 Å². The van der Waals surface area contributed by atoms with E-state index >= 15 is 0 Å². The van der Waals surface area contributed by atoms with Gasteiger partial charge in [0.05, 0.1) is 11.9 Å². The first-order valence-corrected chi connectivity index (χ1v) is 7.80. The fraction of sp³-hybridized carbons (Fsp3) is 0.118. The van der Waals surface area contributed by atoms with Crippen molar-refractivity contribution in [1.29, 1.82) is 0 Å². The lowest BCUT2D eigenvalue weighted by atomic mass is 10.3. The third-order valence-corrected chi connectivity index (χ3v) is 3.71. The predicted molar refractivity (Wildman–Crippen MR) is 87.4 cm³/mol. The Morgan fingerprint density at radius 1 is 1.21 bits per heavy atom. The molecule has 0 aliphatic heterocycles. The maximum absolute atomic E-state index is 13.6. The number of carboxylic acids is 1. The Hall–Kier alpha value is -3.83. The van der Waals surface area contributed by atoms with Gasteiger partial charge in [-0.25, -0.2) is 13.6 Å². The van der Waals surface area contributed by atoms with E-state index in [0.29, 0.717) is 0 Å². The molecular formula is C17H11F4N3O5. The summed E-state index contributed by atoms with van der Waals surface area (Å²) in [6, 6.07) is 2.45. The highest BCUT2D eigenvalue weighted by molar-refractivity contribution is 6.05. The van der Waals surface area contributed by atoms with Crippen LogP contribution in [0.15, 0.2) is 28.8 Å². The molecule has 12 heteroatoms. The van der Waals surface area contributed by atoms with Gasteiger partial charge in [-0.05, 0) is 12.1 Å². The summed E-state index contributed by atoms with van der Waals surface area (Å²) in [7, 11) is 1.37. The molecule has 3 aromatic rings. The number of halogens is 4. The molecule has 0 unspecified atom stereocenters. The molecule has 0 aliphatic carbocycles. The lowest BCUT2D eigenvalue weighted by Gasteiger charge is -2.08. The fourth-order valence-electron chi connectivity index (χ4n) is 2.37. The maximum Gasteiger partial charge on any atom is 0.356 e. The minimum Gasteiger partial charge on any atom is -0.479 e. The average Bonchev–Trinajstić information content (AvgIpc) is 3.27. The Labute approximate surface area is 159 Å². The van der Waals surface area contributed by atoms with Gasteiger partial charge in [-0.15, -0.1) is 0 Å². The highest BCUT2D eigenvalue weighted by Crippen LogP contribution is 2.27. The van der Waals surface area contributed by atoms with Crippen LogP contribution in [0.5, 0.6) is 5.75 Å². The molecule has 2 aromatic heterocycles. The molecule has 1 amide bonds. The summed E-state index contributed by atoms with van der Waals surface area (Å²) in [6.07, 6.45) is 1.12. The Balaban J connectivity index is 1.72. The number of nitrogens with zero attached hydrogens (tertiary/aromatic N) is 2. The largest absolute Gasteiger partial charge is 0.479 e. The van der Waals surface area contributed by atoms with Gasteiger partial charge in [0.15, 0.2) is 28.8 Å². The highest BCUT2D eigenvalue weighted by Gasteiger charge is 2.22. The summed E-state index contributed by atoms with van der Waals surface area (Å²) >= 11 is 0. The van der Waals surface area contributed by atoms with Crippen LogP contribution in [0.3, 0.4) is 0 Å². The van der Waals surface area contributed by atoms with Gasteiger partial charge in [0, 0.05) is 13.1 Å². The first-order valence-electron chi connectivity index (χ1n) is 7.80. The molecule has 29 heavy (non-hydrogen) atoms. The maximum atomic E-state index is 13.6. The van der Waals surface area contributed by atoms with E-state index in [1.807, 2.05) is 0 Å². The molecule has 0 radical (unpaired) electrons. The number of nitrogens with one attached hydrogen (secondary N) is 1. The fourth-order valence-corrected chi connectivity index (χ4v) is 2.37. The van der Waals surface area contributed by atoms with E-state index in [0.717, 1.165) is 10.9 Å². The molecule has 8 nitrogen and oxygen atoms in total. The molecule has 2 N–H and O–H groups in total. The van der Waals surface area contributed by atoms with Gasteiger partial charge in [0.25, 0.3) is 5.91 Å². The number of aromatic nitrogens is 2. The summed E-state index contributed by atoms with van der Waals surface area (Å²) in [5.74, 6) is -10.5. The van der Waals surface area contributed by atoms with Crippen LogP contribution in [0.2, 0.25) is 0 Å². The molecule has 152 valence electrons. The summed E-state index contributed by atoms with van der Waals surface area (Å²) in [5.41, 5.74) is -0.355. The Morgan fingerprint density at radius 3 is 2.48 bits per heavy atom. The number of carboxylic acid groups (broad SMARTS) is 1. The number of benzene rings is 1. The molecule has 0 fully saturated rings. The van der Waals surface area contributed by atoms with Crippen molar-refractivity contribution in [2.24, 2.45) is 7.05 Å². The quantitative estimate of drug-likeness (QED) is 0.475. The van der Waals surface area contributed by atoms with Gasteiger partial charge in [-0.1, -0.05) is 0 Å². The number of amides is 1. The first kappa shape index (κ1) is 19.9. The number of carbonyl (C=O) groups is 2. The second-order valence-electron chi connectivity index (χ2n) is 5.64. The number of hydrogen-bond acceptors (Lipinski definition) is 5. The zero-order valence-corrected chi connectivity index (χ0v) is 14.5. The highest BCUT2D eigenvalue weighted by atomic mass is 19.2. The molecule has 0 atom stereocenters. The number of carbonyl (C=O) groups excluding carboxylic acids is 1. The molecule has 3 rings (SSSR count). The van der Waals surface area contributed by atoms with Crippen molar-refractivity contribution < 1.29 is 41.4 Å². The number of ether oxygens (including phenoxy) is 1. The smallest absolute Gasteiger partial charge is 0.356 e. The number of hydrogen-bond donors (Lipinski definition) is 2. The van der Waals surface area contributed by atoms with Crippen molar-refractivity contribution in [3.05, 3.63) is 64.9 Å². The van der Waals surface area contributed by atoms with Gasteiger partial charge in [-0.3, -0.25) is 9.48 Å². The van der Waals surface area contributed by atoms with Crippen molar-refractivity contribution in [3.8, 4) is 5.75 Å². The van der Waals surface area contributed by atoms with E-state index < -0.39 is 47.5 Å². The van der Waals surface area contributed by atoms with Crippen molar-refractivity contribution in [3.63, 3.8) is 0 Å². The molecule has 0 saturated heterocycles. The van der Waals surface area contributed by atoms with Crippen molar-refractivity contribution in [1.82, 2.24) is 9.78 Å². The van der Waals surface area contributed by atoms with Crippen molar-refractivity contribution >= 4 is 17.6 Å². The minimum atomic E-state index is -1.72. The van der Waals surface area contributed by atoms with Crippen LogP contribution in [0, 0.1) is 23.3 Å². The summed E-state index contributed by atoms with van der Waals surface area (Å²) in [4.78, 5) is 23.4. The van der Waals surface area contributed by atoms with E-state index in [1.165, 1.54) is 19.2 Å². The third kappa shape index (κ3) is 3.90. The van der Waals surface area contributed by atoms with Gasteiger partial charge >= 0.3 is 5.97 Å². The third-order valence-electron chi connectivity index (χ3n) is 3.71. The normalized spacial score (nSPS) is 10.8. The average molecular weight is 413 g/mol. The molecule has 0 bridgehead atoms. The molecule has 0 aliphatic rings. The zero-order valence-electron chi connectivity index (χ0n) is 14.5. The number of anilines is 1. The molecule has 0 saturated carbocycles. The van der Waals surface area contributed by atoms with E-state index in [-0.39, 0.29) is 29.0 Å². The second-order valence-corrected chi connectivity index (χ2v) is 5.64. The molecule has 2 heterocycles. The summed E-state index contributed by atoms with van der Waals surface area (Å²) < 4.78 is 64.4. The second kappa shape index (κ2) is 7.66. The topological polar surface area (TPSA) is 107 Å². The van der Waals surface area contributed by atoms with E-state index in [4.69, 9.17) is 14.3 Å². The van der Waals surface area contributed by atoms with Gasteiger partial charge in [0.1, 0.15) is 12.4 Å². The number of aromatic carboxylic acids is 1. The van der Waals surface area contributed by atoms with Crippen molar-refractivity contribution in [2.45, 2.75) is 6.61 Å². The Bertz CT molecular complexity index is 1080. The monoisotopic (exact) mass is 413 g/mol. The van der Waals surface area contributed by atoms with Gasteiger partial charge in [0.2, 0.25) is 11.6 Å². The van der Waals surface area contributed by atoms with Gasteiger partial charge in [-0.2, -0.15) is 13.9 Å². The standard InChI is InChI=1S/C17H11F4N3O5/c1-24-14(17(26)27)10(5-22-24)23-16(25)11-3-2-7(29-11)6-28-15-12(20)8(18)4-9(19)13(15)21/h2-5H,6H2,1H3,(H,23,25)(H,26,27). The number of rotatable bonds is 6. The Kier molecular flexibility index (Phi) is 5.26. The minimum absolute atomic E-state index is 0.0384. The molecule has 1 aromatic carbocycles. The van der Waals surface area contributed by atoms with Crippen LogP contribution in [0.4, 0.5) is 23.2 Å². The number of aryl methyl sites for hydroxylation is 1.